The summed E-state index contributed by atoms with van der Waals surface area (Å²) in [7, 11) is 1.60. The topological polar surface area (TPSA) is 68.8 Å². The Kier molecular flexibility index (Phi) is 9.47. The zero-order valence-corrected chi connectivity index (χ0v) is 20.0. The largest absolute Gasteiger partial charge is 0.367 e. The molecule has 0 bridgehead atoms. The van der Waals surface area contributed by atoms with Crippen molar-refractivity contribution in [3.8, 4) is 0 Å². The molecule has 1 aliphatic rings. The van der Waals surface area contributed by atoms with Crippen LogP contribution in [0.5, 0.6) is 0 Å². The molecule has 1 atom stereocenters. The van der Waals surface area contributed by atoms with E-state index in [-0.39, 0.29) is 35.9 Å². The Labute approximate surface area is 198 Å². The summed E-state index contributed by atoms with van der Waals surface area (Å²) in [5.74, 6) is -0.561. The van der Waals surface area contributed by atoms with Gasteiger partial charge in [-0.1, -0.05) is 12.1 Å². The van der Waals surface area contributed by atoms with E-state index in [9.17, 15) is 13.6 Å². The molecule has 1 saturated heterocycles. The summed E-state index contributed by atoms with van der Waals surface area (Å²) >= 11 is 0. The summed E-state index contributed by atoms with van der Waals surface area (Å²) in [4.78, 5) is 18.2. The van der Waals surface area contributed by atoms with E-state index in [0.717, 1.165) is 18.1 Å². The number of amides is 1. The zero-order chi connectivity index (χ0) is 21.5. The second kappa shape index (κ2) is 11.8. The van der Waals surface area contributed by atoms with Crippen LogP contribution in [0.2, 0.25) is 0 Å². The van der Waals surface area contributed by atoms with E-state index in [2.05, 4.69) is 20.9 Å². The van der Waals surface area contributed by atoms with Crippen molar-refractivity contribution in [1.82, 2.24) is 16.0 Å². The third kappa shape index (κ3) is 6.78. The third-order valence-electron chi connectivity index (χ3n) is 4.99. The van der Waals surface area contributed by atoms with Crippen molar-refractivity contribution in [3.05, 3.63) is 65.2 Å². The van der Waals surface area contributed by atoms with Crippen LogP contribution >= 0.6 is 24.0 Å². The van der Waals surface area contributed by atoms with Gasteiger partial charge in [0.15, 0.2) is 5.96 Å². The van der Waals surface area contributed by atoms with E-state index >= 15 is 0 Å². The van der Waals surface area contributed by atoms with Gasteiger partial charge in [-0.05, 0) is 43.2 Å². The molecule has 1 amide bonds. The number of nitrogens with one attached hydrogen (secondary N) is 3. The molecule has 0 aromatic heterocycles. The first kappa shape index (κ1) is 24.8. The SMILES string of the molecule is CCNC(=NCc1ccc(C(=O)NC)cc1)NC1CCN(c2ccc(F)cc2F)C1.I. The highest BCUT2D eigenvalue weighted by Gasteiger charge is 2.25. The molecule has 3 rings (SSSR count). The van der Waals surface area contributed by atoms with Gasteiger partial charge < -0.3 is 20.9 Å². The van der Waals surface area contributed by atoms with Gasteiger partial charge in [-0.15, -0.1) is 24.0 Å². The van der Waals surface area contributed by atoms with E-state index in [1.807, 2.05) is 24.0 Å². The molecule has 1 aliphatic heterocycles. The van der Waals surface area contributed by atoms with Gasteiger partial charge in [-0.3, -0.25) is 4.79 Å². The molecule has 2 aromatic rings. The lowest BCUT2D eigenvalue weighted by molar-refractivity contribution is 0.0963. The number of guanidine groups is 1. The number of rotatable bonds is 6. The molecule has 1 heterocycles. The molecule has 0 saturated carbocycles. The summed E-state index contributed by atoms with van der Waals surface area (Å²) in [5.41, 5.74) is 2.01. The number of benzene rings is 2. The Bertz CT molecular complexity index is 907. The predicted octanol–water partition coefficient (Wildman–Crippen LogP) is 3.28. The highest BCUT2D eigenvalue weighted by molar-refractivity contribution is 14.0. The molecule has 1 unspecified atom stereocenters. The van der Waals surface area contributed by atoms with Gasteiger partial charge in [0, 0.05) is 44.4 Å². The Morgan fingerprint density at radius 1 is 1.19 bits per heavy atom. The average molecular weight is 543 g/mol. The van der Waals surface area contributed by atoms with Gasteiger partial charge in [-0.2, -0.15) is 0 Å². The van der Waals surface area contributed by atoms with Gasteiger partial charge in [-0.25, -0.2) is 13.8 Å². The second-order valence-electron chi connectivity index (χ2n) is 7.14. The van der Waals surface area contributed by atoms with E-state index in [1.54, 1.807) is 19.2 Å². The highest BCUT2D eigenvalue weighted by Crippen LogP contribution is 2.24. The van der Waals surface area contributed by atoms with Crippen LogP contribution in [0.15, 0.2) is 47.5 Å². The highest BCUT2D eigenvalue weighted by atomic mass is 127. The van der Waals surface area contributed by atoms with Crippen LogP contribution < -0.4 is 20.9 Å². The molecule has 3 N–H and O–H groups in total. The van der Waals surface area contributed by atoms with Crippen molar-refractivity contribution in [1.29, 1.82) is 0 Å². The fourth-order valence-corrected chi connectivity index (χ4v) is 3.42. The lowest BCUT2D eigenvalue weighted by Gasteiger charge is -2.21. The molecule has 2 aromatic carbocycles. The van der Waals surface area contributed by atoms with Gasteiger partial charge in [0.1, 0.15) is 11.6 Å². The number of aliphatic imine (C=N–C) groups is 1. The number of anilines is 1. The maximum absolute atomic E-state index is 14.1. The van der Waals surface area contributed by atoms with Crippen LogP contribution in [0.4, 0.5) is 14.5 Å². The summed E-state index contributed by atoms with van der Waals surface area (Å²) in [6.07, 6.45) is 0.821. The quantitative estimate of drug-likeness (QED) is 0.298. The van der Waals surface area contributed by atoms with E-state index in [0.29, 0.717) is 43.4 Å². The fraction of sp³-hybridized carbons (Fsp3) is 0.364. The molecule has 31 heavy (non-hydrogen) atoms. The smallest absolute Gasteiger partial charge is 0.251 e. The van der Waals surface area contributed by atoms with Gasteiger partial charge in [0.05, 0.1) is 12.2 Å². The number of carbonyl (C=O) groups excluding carboxylic acids is 1. The Balaban J connectivity index is 0.00000341. The Morgan fingerprint density at radius 2 is 1.94 bits per heavy atom. The molecule has 0 spiro atoms. The van der Waals surface area contributed by atoms with Crippen LogP contribution in [0.25, 0.3) is 0 Å². The van der Waals surface area contributed by atoms with Crippen LogP contribution in [0, 0.1) is 11.6 Å². The van der Waals surface area contributed by atoms with Crippen molar-refractivity contribution < 1.29 is 13.6 Å². The fourth-order valence-electron chi connectivity index (χ4n) is 3.42. The van der Waals surface area contributed by atoms with Crippen molar-refractivity contribution >= 4 is 41.5 Å². The molecule has 1 fully saturated rings. The molecule has 168 valence electrons. The van der Waals surface area contributed by atoms with Crippen molar-refractivity contribution in [3.63, 3.8) is 0 Å². The van der Waals surface area contributed by atoms with E-state index in [1.165, 1.54) is 12.1 Å². The first-order chi connectivity index (χ1) is 14.5. The molecule has 0 radical (unpaired) electrons. The number of hydrogen-bond donors (Lipinski definition) is 3. The minimum atomic E-state index is -0.574. The van der Waals surface area contributed by atoms with Crippen molar-refractivity contribution in [2.45, 2.75) is 25.9 Å². The number of halogens is 3. The monoisotopic (exact) mass is 543 g/mol. The van der Waals surface area contributed by atoms with Crippen LogP contribution in [0.3, 0.4) is 0 Å². The van der Waals surface area contributed by atoms with E-state index < -0.39 is 11.6 Å². The summed E-state index contributed by atoms with van der Waals surface area (Å²) in [6.45, 7) is 4.45. The van der Waals surface area contributed by atoms with Gasteiger partial charge >= 0.3 is 0 Å². The normalized spacial score (nSPS) is 15.9. The summed E-state index contributed by atoms with van der Waals surface area (Å²) in [5, 5.41) is 9.21. The molecule has 6 nitrogen and oxygen atoms in total. The van der Waals surface area contributed by atoms with Crippen LogP contribution in [-0.4, -0.2) is 44.6 Å². The lowest BCUT2D eigenvalue weighted by Crippen LogP contribution is -2.44. The molecule has 9 heteroatoms. The van der Waals surface area contributed by atoms with Gasteiger partial charge in [0.25, 0.3) is 5.91 Å². The van der Waals surface area contributed by atoms with Crippen LogP contribution in [-0.2, 0) is 6.54 Å². The zero-order valence-electron chi connectivity index (χ0n) is 17.6. The van der Waals surface area contributed by atoms with Crippen molar-refractivity contribution in [2.75, 3.05) is 31.6 Å². The second-order valence-corrected chi connectivity index (χ2v) is 7.14. The van der Waals surface area contributed by atoms with E-state index in [4.69, 9.17) is 0 Å². The maximum atomic E-state index is 14.1. The summed E-state index contributed by atoms with van der Waals surface area (Å²) < 4.78 is 27.2. The maximum Gasteiger partial charge on any atom is 0.251 e. The number of carbonyl (C=O) groups is 1. The Hall–Kier alpha value is -2.43. The Morgan fingerprint density at radius 3 is 2.58 bits per heavy atom. The minimum Gasteiger partial charge on any atom is -0.367 e. The van der Waals surface area contributed by atoms with Gasteiger partial charge in [0.2, 0.25) is 0 Å². The van der Waals surface area contributed by atoms with Crippen molar-refractivity contribution in [2.24, 2.45) is 4.99 Å². The first-order valence-electron chi connectivity index (χ1n) is 10.1. The standard InChI is InChI=1S/C22H27F2N5O.HI/c1-3-26-22(27-13-15-4-6-16(7-5-15)21(30)25-2)28-18-10-11-29(14-18)20-9-8-17(23)12-19(20)24;/h4-9,12,18H,3,10-11,13-14H2,1-2H3,(H,25,30)(H2,26,27,28);1H. The number of hydrogen-bond acceptors (Lipinski definition) is 3. The minimum absolute atomic E-state index is 0. The van der Waals surface area contributed by atoms with Crippen LogP contribution in [0.1, 0.15) is 29.3 Å². The lowest BCUT2D eigenvalue weighted by atomic mass is 10.1. The molecular formula is C22H28F2IN5O. The first-order valence-corrected chi connectivity index (χ1v) is 10.1. The molecular weight excluding hydrogens is 515 g/mol. The number of nitrogens with zero attached hydrogens (tertiary/aromatic N) is 2. The summed E-state index contributed by atoms with van der Waals surface area (Å²) in [6, 6.07) is 11.1. The predicted molar refractivity (Wildman–Crippen MR) is 130 cm³/mol. The average Bonchev–Trinajstić information content (AvgIpc) is 3.20. The molecule has 0 aliphatic carbocycles. The third-order valence-corrected chi connectivity index (χ3v) is 4.99.